The molecular weight excluding hydrogens is 650 g/mol. The van der Waals surface area contributed by atoms with E-state index >= 15 is 4.39 Å². The van der Waals surface area contributed by atoms with Gasteiger partial charge in [-0.15, -0.1) is 0 Å². The Bertz CT molecular complexity index is 1860. The maximum atomic E-state index is 15.2. The molecule has 0 spiro atoms. The van der Waals surface area contributed by atoms with Gasteiger partial charge in [0.1, 0.15) is 11.6 Å². The molecule has 0 unspecified atom stereocenters. The highest BCUT2D eigenvalue weighted by molar-refractivity contribution is 6.07. The normalized spacial score (nSPS) is 21.3. The van der Waals surface area contributed by atoms with Crippen molar-refractivity contribution in [2.45, 2.75) is 97.6 Å². The Labute approximate surface area is 310 Å². The molecule has 3 saturated heterocycles. The van der Waals surface area contributed by atoms with Gasteiger partial charge in [0.05, 0.1) is 18.0 Å². The maximum absolute atomic E-state index is 15.2. The first kappa shape index (κ1) is 37.6. The number of aryl methyl sites for hydroxylation is 2. The van der Waals surface area contributed by atoms with Gasteiger partial charge in [0, 0.05) is 79.6 Å². The van der Waals surface area contributed by atoms with Crippen molar-refractivity contribution >= 4 is 22.2 Å². The van der Waals surface area contributed by atoms with Crippen molar-refractivity contribution in [2.75, 3.05) is 44.7 Å². The Morgan fingerprint density at radius 1 is 1.13 bits per heavy atom. The zero-order valence-corrected chi connectivity index (χ0v) is 32.5. The lowest BCUT2D eigenvalue weighted by Gasteiger charge is -2.37. The number of nitrogens with zero attached hydrogens (tertiary/aromatic N) is 6. The number of phenols is 1. The summed E-state index contributed by atoms with van der Waals surface area (Å²) in [6.07, 6.45) is 13.3. The van der Waals surface area contributed by atoms with Gasteiger partial charge in [0.25, 0.3) is 0 Å². The van der Waals surface area contributed by atoms with Crippen molar-refractivity contribution in [3.05, 3.63) is 89.4 Å². The van der Waals surface area contributed by atoms with Crippen LogP contribution in [0.2, 0.25) is 0 Å². The SMILES string of the molecule is C=C(CCC12CCCN1CCC2)N=C1CN(c2cc(O)cc3ccc(F)c(CC)c23)CC/C1=C(/C)N1Cc2cn(C)nc2CC(C)(C)C1.C=CNC. The lowest BCUT2D eigenvalue weighted by atomic mass is 9.87. The summed E-state index contributed by atoms with van der Waals surface area (Å²) < 4.78 is 17.1. The van der Waals surface area contributed by atoms with Gasteiger partial charge >= 0.3 is 0 Å². The van der Waals surface area contributed by atoms with E-state index in [0.29, 0.717) is 24.1 Å². The number of aromatic nitrogens is 2. The number of phenolic OH excluding ortho intramolecular Hbond substituents is 1. The largest absolute Gasteiger partial charge is 0.508 e. The summed E-state index contributed by atoms with van der Waals surface area (Å²) in [4.78, 5) is 12.9. The second-order valence-corrected chi connectivity index (χ2v) is 16.2. The molecule has 7 rings (SSSR count). The van der Waals surface area contributed by atoms with E-state index in [9.17, 15) is 5.11 Å². The molecule has 0 bridgehead atoms. The zero-order chi connectivity index (χ0) is 37.2. The van der Waals surface area contributed by atoms with E-state index in [-0.39, 0.29) is 17.0 Å². The predicted octanol–water partition coefficient (Wildman–Crippen LogP) is 8.26. The van der Waals surface area contributed by atoms with Crippen LogP contribution in [-0.2, 0) is 26.4 Å². The smallest absolute Gasteiger partial charge is 0.127 e. The van der Waals surface area contributed by atoms with Crippen LogP contribution >= 0.6 is 0 Å². The number of hydrogen-bond acceptors (Lipinski definition) is 7. The molecule has 0 saturated carbocycles. The first-order valence-electron chi connectivity index (χ1n) is 19.3. The molecule has 3 aromatic rings. The molecular formula is C43H60FN7O. The third kappa shape index (κ3) is 7.80. The third-order valence-corrected chi connectivity index (χ3v) is 11.9. The van der Waals surface area contributed by atoms with Crippen LogP contribution in [0.1, 0.15) is 89.5 Å². The molecule has 0 aliphatic carbocycles. The monoisotopic (exact) mass is 709 g/mol. The van der Waals surface area contributed by atoms with Gasteiger partial charge in [-0.2, -0.15) is 5.10 Å². The van der Waals surface area contributed by atoms with E-state index in [4.69, 9.17) is 10.1 Å². The van der Waals surface area contributed by atoms with E-state index in [1.807, 2.05) is 31.8 Å². The number of hydrogen-bond donors (Lipinski definition) is 2. The summed E-state index contributed by atoms with van der Waals surface area (Å²) in [5, 5.41) is 20.1. The van der Waals surface area contributed by atoms with E-state index < -0.39 is 0 Å². The van der Waals surface area contributed by atoms with Crippen LogP contribution in [0.5, 0.6) is 5.75 Å². The minimum absolute atomic E-state index is 0.0673. The van der Waals surface area contributed by atoms with E-state index in [1.165, 1.54) is 67.4 Å². The number of benzene rings is 2. The number of aromatic hydroxyl groups is 1. The third-order valence-electron chi connectivity index (χ3n) is 11.9. The number of aliphatic imine (C=N–C) groups is 1. The van der Waals surface area contributed by atoms with Crippen molar-refractivity contribution in [3.63, 3.8) is 0 Å². The first-order chi connectivity index (χ1) is 24.9. The molecule has 0 amide bonds. The molecule has 9 heteroatoms. The fourth-order valence-electron chi connectivity index (χ4n) is 9.35. The second-order valence-electron chi connectivity index (χ2n) is 16.2. The predicted molar refractivity (Wildman–Crippen MR) is 213 cm³/mol. The highest BCUT2D eigenvalue weighted by Crippen LogP contribution is 2.43. The number of fused-ring (bicyclic) bond motifs is 3. The summed E-state index contributed by atoms with van der Waals surface area (Å²) >= 11 is 0. The zero-order valence-electron chi connectivity index (χ0n) is 32.5. The van der Waals surface area contributed by atoms with Gasteiger partial charge < -0.3 is 20.2 Å². The quantitative estimate of drug-likeness (QED) is 0.246. The van der Waals surface area contributed by atoms with Gasteiger partial charge in [-0.3, -0.25) is 14.6 Å². The minimum Gasteiger partial charge on any atom is -0.508 e. The van der Waals surface area contributed by atoms with Crippen LogP contribution in [0.15, 0.2) is 71.8 Å². The van der Waals surface area contributed by atoms with E-state index in [1.54, 1.807) is 18.3 Å². The van der Waals surface area contributed by atoms with Crippen molar-refractivity contribution in [3.8, 4) is 5.75 Å². The standard InChI is InChI=1S/C40H53FN6O.C3H7N/c1-7-32-34(41)11-10-29-20-31(48)21-37(38(29)32)45-19-13-33(28(3)46-24-30-23-44(6)43-35(30)22-39(4,5)26-46)36(25-45)42-27(2)12-16-40-14-8-17-47(40)18-9-15-40;1-3-4-2/h10-11,20-21,23,48H,2,7-9,12-19,22,24-26H2,1,3-6H3;3-4H,1H2,2H3/b33-28+,42-36?;. The van der Waals surface area contributed by atoms with Gasteiger partial charge in [0.2, 0.25) is 0 Å². The average molecular weight is 710 g/mol. The van der Waals surface area contributed by atoms with Crippen LogP contribution in [0.3, 0.4) is 0 Å². The lowest BCUT2D eigenvalue weighted by Crippen LogP contribution is -2.40. The van der Waals surface area contributed by atoms with Crippen molar-refractivity contribution in [1.29, 1.82) is 0 Å². The van der Waals surface area contributed by atoms with Gasteiger partial charge in [0.15, 0.2) is 0 Å². The molecule has 1 aromatic heterocycles. The summed E-state index contributed by atoms with van der Waals surface area (Å²) in [6, 6.07) is 6.86. The summed E-state index contributed by atoms with van der Waals surface area (Å²) in [7, 11) is 3.83. The van der Waals surface area contributed by atoms with E-state index in [2.05, 4.69) is 60.1 Å². The van der Waals surface area contributed by atoms with Gasteiger partial charge in [-0.05, 0) is 118 Å². The van der Waals surface area contributed by atoms with Crippen LogP contribution in [0, 0.1) is 11.2 Å². The number of nitrogens with one attached hydrogen (secondary N) is 1. The Kier molecular flexibility index (Phi) is 11.2. The molecule has 52 heavy (non-hydrogen) atoms. The van der Waals surface area contributed by atoms with Gasteiger partial charge in [-0.1, -0.05) is 40.0 Å². The minimum atomic E-state index is -0.196. The highest BCUT2D eigenvalue weighted by atomic mass is 19.1. The Hall–Kier alpha value is -4.11. The number of allylic oxidation sites excluding steroid dienone is 2. The number of anilines is 1. The van der Waals surface area contributed by atoms with E-state index in [0.717, 1.165) is 73.2 Å². The summed E-state index contributed by atoms with van der Waals surface area (Å²) in [5.41, 5.74) is 8.98. The second kappa shape index (κ2) is 15.5. The van der Waals surface area contributed by atoms with Crippen LogP contribution in [-0.4, -0.2) is 75.7 Å². The molecule has 4 aliphatic rings. The fourth-order valence-corrected chi connectivity index (χ4v) is 9.35. The van der Waals surface area contributed by atoms with Crippen molar-refractivity contribution < 1.29 is 9.50 Å². The number of piperidine rings is 1. The number of rotatable bonds is 8. The Morgan fingerprint density at radius 2 is 1.87 bits per heavy atom. The van der Waals surface area contributed by atoms with Crippen molar-refractivity contribution in [2.24, 2.45) is 17.5 Å². The Morgan fingerprint density at radius 3 is 2.56 bits per heavy atom. The van der Waals surface area contributed by atoms with Crippen LogP contribution < -0.4 is 10.2 Å². The van der Waals surface area contributed by atoms with Gasteiger partial charge in [-0.25, -0.2) is 4.39 Å². The fraction of sp³-hybridized carbons (Fsp3) is 0.535. The highest BCUT2D eigenvalue weighted by Gasteiger charge is 2.43. The molecule has 4 aliphatic heterocycles. The molecule has 5 heterocycles. The van der Waals surface area contributed by atoms with Crippen LogP contribution in [0.4, 0.5) is 10.1 Å². The molecule has 280 valence electrons. The molecule has 2 aromatic carbocycles. The molecule has 3 fully saturated rings. The molecule has 8 nitrogen and oxygen atoms in total. The average Bonchev–Trinajstić information content (AvgIpc) is 3.77. The molecule has 0 atom stereocenters. The summed E-state index contributed by atoms with van der Waals surface area (Å²) in [6.45, 7) is 22.4. The Balaban J connectivity index is 0.00000110. The lowest BCUT2D eigenvalue weighted by molar-refractivity contribution is 0.182. The maximum Gasteiger partial charge on any atom is 0.127 e. The van der Waals surface area contributed by atoms with Crippen LogP contribution in [0.25, 0.3) is 10.8 Å². The number of halogens is 1. The molecule has 0 radical (unpaired) electrons. The van der Waals surface area contributed by atoms with Crippen molar-refractivity contribution in [1.82, 2.24) is 24.9 Å². The molecule has 2 N–H and O–H groups in total. The summed E-state index contributed by atoms with van der Waals surface area (Å²) in [5.74, 6) is 0.000954. The first-order valence-corrected chi connectivity index (χ1v) is 19.3. The topological polar surface area (TPSA) is 72.2 Å².